The van der Waals surface area contributed by atoms with Crippen molar-refractivity contribution in [3.8, 4) is 0 Å². The quantitative estimate of drug-likeness (QED) is 0.832. The predicted octanol–water partition coefficient (Wildman–Crippen LogP) is 1.29. The van der Waals surface area contributed by atoms with E-state index in [1.807, 2.05) is 0 Å². The number of rotatable bonds is 3. The molecule has 1 aromatic heterocycles. The lowest BCUT2D eigenvalue weighted by atomic mass is 10.2. The monoisotopic (exact) mass is 236 g/mol. The maximum absolute atomic E-state index is 9.45. The molecule has 1 heterocycles. The molecule has 3 nitrogen and oxygen atoms in total. The minimum Gasteiger partial charge on any atom is -0.387 e. The maximum atomic E-state index is 9.45. The van der Waals surface area contributed by atoms with Gasteiger partial charge in [0.2, 0.25) is 0 Å². The topological polar surface area (TPSA) is 59.1 Å². The fourth-order valence-electron chi connectivity index (χ4n) is 0.746. The molecule has 0 aliphatic carbocycles. The van der Waals surface area contributed by atoms with E-state index in [4.69, 9.17) is 5.73 Å². The fraction of sp³-hybridized carbons (Fsp3) is 0.500. The van der Waals surface area contributed by atoms with E-state index in [1.165, 1.54) is 11.5 Å². The van der Waals surface area contributed by atoms with Gasteiger partial charge >= 0.3 is 0 Å². The van der Waals surface area contributed by atoms with Gasteiger partial charge in [0.1, 0.15) is 0 Å². The van der Waals surface area contributed by atoms with Crippen LogP contribution in [0.5, 0.6) is 0 Å². The number of hydrogen-bond donors (Lipinski definition) is 2. The lowest BCUT2D eigenvalue weighted by Gasteiger charge is -2.05. The minimum absolute atomic E-state index is 0.470. The Morgan fingerprint density at radius 1 is 1.82 bits per heavy atom. The Morgan fingerprint density at radius 2 is 2.55 bits per heavy atom. The predicted molar refractivity (Wildman–Crippen MR) is 48.4 cm³/mol. The van der Waals surface area contributed by atoms with Crippen LogP contribution in [0.2, 0.25) is 0 Å². The first-order valence-corrected chi connectivity index (χ1v) is 4.80. The molecular formula is C6H9BrN2OS. The van der Waals surface area contributed by atoms with Gasteiger partial charge in [0, 0.05) is 0 Å². The average Bonchev–Trinajstić information content (AvgIpc) is 2.36. The van der Waals surface area contributed by atoms with Crippen LogP contribution in [0.1, 0.15) is 17.4 Å². The minimum atomic E-state index is -0.470. The number of nitrogens with zero attached hydrogens (tertiary/aromatic N) is 1. The zero-order chi connectivity index (χ0) is 8.27. The molecule has 0 saturated carbocycles. The van der Waals surface area contributed by atoms with Gasteiger partial charge in [-0.2, -0.15) is 4.37 Å². The average molecular weight is 237 g/mol. The molecule has 0 aliphatic rings. The highest BCUT2D eigenvalue weighted by molar-refractivity contribution is 9.10. The van der Waals surface area contributed by atoms with Crippen molar-refractivity contribution in [1.29, 1.82) is 0 Å². The van der Waals surface area contributed by atoms with Crippen LogP contribution >= 0.6 is 27.5 Å². The van der Waals surface area contributed by atoms with Crippen molar-refractivity contribution in [2.24, 2.45) is 5.73 Å². The van der Waals surface area contributed by atoms with E-state index in [1.54, 1.807) is 6.20 Å². The Balaban J connectivity index is 2.67. The normalized spacial score (nSPS) is 13.4. The molecule has 0 radical (unpaired) electrons. The highest BCUT2D eigenvalue weighted by Crippen LogP contribution is 2.28. The van der Waals surface area contributed by atoms with Crippen molar-refractivity contribution in [2.45, 2.75) is 12.5 Å². The largest absolute Gasteiger partial charge is 0.387 e. The van der Waals surface area contributed by atoms with Crippen LogP contribution in [0.3, 0.4) is 0 Å². The lowest BCUT2D eigenvalue weighted by Crippen LogP contribution is -2.05. The van der Waals surface area contributed by atoms with Crippen molar-refractivity contribution in [3.05, 3.63) is 15.5 Å². The molecular weight excluding hydrogens is 228 g/mol. The summed E-state index contributed by atoms with van der Waals surface area (Å²) in [4.78, 5) is 0.857. The Hall–Kier alpha value is 0.0300. The summed E-state index contributed by atoms with van der Waals surface area (Å²) in [6.07, 6.45) is 1.79. The molecule has 0 amide bonds. The van der Waals surface area contributed by atoms with E-state index in [2.05, 4.69) is 20.3 Å². The molecule has 0 aromatic carbocycles. The van der Waals surface area contributed by atoms with Gasteiger partial charge in [-0.3, -0.25) is 0 Å². The zero-order valence-electron chi connectivity index (χ0n) is 5.83. The van der Waals surface area contributed by atoms with E-state index in [9.17, 15) is 5.11 Å². The number of aliphatic hydroxyl groups excluding tert-OH is 1. The van der Waals surface area contributed by atoms with Crippen LogP contribution in [0.15, 0.2) is 10.7 Å². The van der Waals surface area contributed by atoms with E-state index in [0.717, 1.165) is 9.35 Å². The molecule has 1 aromatic rings. The van der Waals surface area contributed by atoms with E-state index in [0.29, 0.717) is 13.0 Å². The molecule has 1 unspecified atom stereocenters. The Kier molecular flexibility index (Phi) is 3.45. The van der Waals surface area contributed by atoms with E-state index < -0.39 is 6.10 Å². The van der Waals surface area contributed by atoms with Gasteiger partial charge < -0.3 is 10.8 Å². The second kappa shape index (κ2) is 4.15. The molecule has 0 spiro atoms. The number of hydrogen-bond acceptors (Lipinski definition) is 4. The van der Waals surface area contributed by atoms with Crippen molar-refractivity contribution in [1.82, 2.24) is 4.37 Å². The molecule has 11 heavy (non-hydrogen) atoms. The highest BCUT2D eigenvalue weighted by atomic mass is 79.9. The second-order valence-corrected chi connectivity index (χ2v) is 3.82. The van der Waals surface area contributed by atoms with Crippen molar-refractivity contribution in [2.75, 3.05) is 6.54 Å². The Morgan fingerprint density at radius 3 is 3.00 bits per heavy atom. The Bertz CT molecular complexity index is 228. The summed E-state index contributed by atoms with van der Waals surface area (Å²) in [5.41, 5.74) is 5.29. The molecule has 0 fully saturated rings. The third-order valence-electron chi connectivity index (χ3n) is 1.30. The first-order chi connectivity index (χ1) is 5.25. The second-order valence-electron chi connectivity index (χ2n) is 2.13. The number of aliphatic hydroxyl groups is 1. The first kappa shape index (κ1) is 9.12. The maximum Gasteiger partial charge on any atom is 0.0921 e. The third kappa shape index (κ3) is 2.23. The van der Waals surface area contributed by atoms with Crippen molar-refractivity contribution >= 4 is 27.5 Å². The van der Waals surface area contributed by atoms with Crippen LogP contribution in [0, 0.1) is 0 Å². The molecule has 0 bridgehead atoms. The lowest BCUT2D eigenvalue weighted by molar-refractivity contribution is 0.173. The van der Waals surface area contributed by atoms with Gasteiger partial charge in [-0.25, -0.2) is 0 Å². The SMILES string of the molecule is NCCC(O)c1sncc1Br. The smallest absolute Gasteiger partial charge is 0.0921 e. The van der Waals surface area contributed by atoms with Gasteiger partial charge in [-0.1, -0.05) is 0 Å². The Labute approximate surface area is 77.5 Å². The van der Waals surface area contributed by atoms with Crippen LogP contribution in [0.4, 0.5) is 0 Å². The number of nitrogens with two attached hydrogens (primary N) is 1. The van der Waals surface area contributed by atoms with Gasteiger partial charge in [-0.05, 0) is 40.4 Å². The standard InChI is InChI=1S/C6H9BrN2OS/c7-4-3-9-11-6(4)5(10)1-2-8/h3,5,10H,1-2,8H2. The van der Waals surface area contributed by atoms with Gasteiger partial charge in [0.25, 0.3) is 0 Å². The van der Waals surface area contributed by atoms with Crippen LogP contribution < -0.4 is 5.73 Å². The van der Waals surface area contributed by atoms with E-state index >= 15 is 0 Å². The summed E-state index contributed by atoms with van der Waals surface area (Å²) in [7, 11) is 0. The number of halogens is 1. The summed E-state index contributed by atoms with van der Waals surface area (Å²) >= 11 is 4.58. The summed E-state index contributed by atoms with van der Waals surface area (Å²) in [6.45, 7) is 0.492. The zero-order valence-corrected chi connectivity index (χ0v) is 8.23. The van der Waals surface area contributed by atoms with Crippen LogP contribution in [-0.4, -0.2) is 16.0 Å². The highest BCUT2D eigenvalue weighted by Gasteiger charge is 2.12. The molecule has 1 rings (SSSR count). The van der Waals surface area contributed by atoms with Gasteiger partial charge in [-0.15, -0.1) is 0 Å². The third-order valence-corrected chi connectivity index (χ3v) is 3.09. The van der Waals surface area contributed by atoms with Crippen LogP contribution in [-0.2, 0) is 0 Å². The summed E-state index contributed by atoms with van der Waals surface area (Å²) in [6, 6.07) is 0. The molecule has 1 atom stereocenters. The van der Waals surface area contributed by atoms with Crippen LogP contribution in [0.25, 0.3) is 0 Å². The van der Waals surface area contributed by atoms with E-state index in [-0.39, 0.29) is 0 Å². The summed E-state index contributed by atoms with van der Waals surface area (Å²) in [5, 5.41) is 9.45. The summed E-state index contributed by atoms with van der Waals surface area (Å²) < 4.78 is 4.78. The van der Waals surface area contributed by atoms with Gasteiger partial charge in [0.05, 0.1) is 21.7 Å². The fourth-order valence-corrected chi connectivity index (χ4v) is 2.12. The van der Waals surface area contributed by atoms with Crippen molar-refractivity contribution in [3.63, 3.8) is 0 Å². The molecule has 0 aliphatic heterocycles. The molecule has 0 saturated heterocycles. The number of aromatic nitrogens is 1. The molecule has 62 valence electrons. The van der Waals surface area contributed by atoms with Crippen molar-refractivity contribution < 1.29 is 5.11 Å². The van der Waals surface area contributed by atoms with Gasteiger partial charge in [0.15, 0.2) is 0 Å². The molecule has 5 heteroatoms. The molecule has 3 N–H and O–H groups in total. The summed E-state index contributed by atoms with van der Waals surface area (Å²) in [5.74, 6) is 0. The first-order valence-electron chi connectivity index (χ1n) is 3.24.